The van der Waals surface area contributed by atoms with Crippen LogP contribution in [0.4, 0.5) is 26.5 Å². The number of amides is 3. The Kier molecular flexibility index (Phi) is 11.1. The molecule has 0 bridgehead atoms. The molecule has 0 aliphatic heterocycles. The molecule has 228 valence electrons. The molecule has 4 aromatic rings. The van der Waals surface area contributed by atoms with Crippen LogP contribution in [0.25, 0.3) is 5.65 Å². The third kappa shape index (κ3) is 8.79. The molecule has 4 rings (SSSR count). The normalized spacial score (nSPS) is 10.8. The van der Waals surface area contributed by atoms with Crippen molar-refractivity contribution in [1.82, 2.24) is 30.1 Å². The predicted octanol–water partition coefficient (Wildman–Crippen LogP) is 4.03. The van der Waals surface area contributed by atoms with Gasteiger partial charge in [-0.15, -0.1) is 5.10 Å². The number of anilines is 3. The summed E-state index contributed by atoms with van der Waals surface area (Å²) in [6, 6.07) is 14.6. The molecule has 0 fully saturated rings. The second-order valence-corrected chi connectivity index (χ2v) is 9.47. The lowest BCUT2D eigenvalue weighted by Gasteiger charge is -2.20. The molecule has 0 unspecified atom stereocenters. The lowest BCUT2D eigenvalue weighted by Crippen LogP contribution is -2.37. The number of ether oxygens (including phenoxy) is 2. The standard InChI is InChI=1S/C30H37FN8O4/c1-4-38(5-2)28(40)22-8-12-25(26(18-22)43-17-16-42-3)35-29-36-27-13-11-24(20-39(27)37-29)32-14-15-33-30(41)34-19-21-6-9-23(31)10-7-21/h6-13,18,20,32H,4-5,14-17,19H2,1-3H3,(H,35,37)(H2,33,34,41). The summed E-state index contributed by atoms with van der Waals surface area (Å²) >= 11 is 0. The third-order valence-corrected chi connectivity index (χ3v) is 6.51. The molecule has 0 radical (unpaired) electrons. The first kappa shape index (κ1) is 31.0. The van der Waals surface area contributed by atoms with Gasteiger partial charge in [0.05, 0.1) is 24.2 Å². The average Bonchev–Trinajstić information content (AvgIpc) is 3.42. The average molecular weight is 593 g/mol. The summed E-state index contributed by atoms with van der Waals surface area (Å²) in [6.07, 6.45) is 1.80. The number of hydrogen-bond donors (Lipinski definition) is 4. The Morgan fingerprint density at radius 2 is 1.77 bits per heavy atom. The highest BCUT2D eigenvalue weighted by molar-refractivity contribution is 5.95. The quantitative estimate of drug-likeness (QED) is 0.152. The number of carbonyl (C=O) groups is 2. The number of benzene rings is 2. The van der Waals surface area contributed by atoms with Crippen LogP contribution in [0.15, 0.2) is 60.8 Å². The van der Waals surface area contributed by atoms with E-state index in [9.17, 15) is 14.0 Å². The molecule has 2 heterocycles. The van der Waals surface area contributed by atoms with Gasteiger partial charge in [-0.25, -0.2) is 13.7 Å². The van der Waals surface area contributed by atoms with Gasteiger partial charge in [-0.1, -0.05) is 12.1 Å². The second-order valence-electron chi connectivity index (χ2n) is 9.47. The molecule has 0 aliphatic rings. The van der Waals surface area contributed by atoms with E-state index in [0.29, 0.717) is 74.5 Å². The van der Waals surface area contributed by atoms with Crippen LogP contribution in [0.1, 0.15) is 29.8 Å². The zero-order valence-corrected chi connectivity index (χ0v) is 24.5. The summed E-state index contributed by atoms with van der Waals surface area (Å²) in [7, 11) is 1.60. The molecule has 0 spiro atoms. The van der Waals surface area contributed by atoms with Gasteiger partial charge in [0, 0.05) is 45.4 Å². The highest BCUT2D eigenvalue weighted by Gasteiger charge is 2.16. The second kappa shape index (κ2) is 15.4. The van der Waals surface area contributed by atoms with E-state index in [0.717, 1.165) is 11.3 Å². The van der Waals surface area contributed by atoms with Gasteiger partial charge in [-0.3, -0.25) is 4.79 Å². The number of fused-ring (bicyclic) bond motifs is 1. The maximum absolute atomic E-state index is 13.0. The monoisotopic (exact) mass is 592 g/mol. The van der Waals surface area contributed by atoms with E-state index in [4.69, 9.17) is 9.47 Å². The Bertz CT molecular complexity index is 1510. The number of hydrogen-bond acceptors (Lipinski definition) is 8. The van der Waals surface area contributed by atoms with Crippen molar-refractivity contribution in [1.29, 1.82) is 0 Å². The Balaban J connectivity index is 1.34. The van der Waals surface area contributed by atoms with Crippen molar-refractivity contribution in [2.75, 3.05) is 57.1 Å². The first-order valence-corrected chi connectivity index (χ1v) is 14.1. The number of urea groups is 1. The summed E-state index contributed by atoms with van der Waals surface area (Å²) in [4.78, 5) is 31.2. The van der Waals surface area contributed by atoms with E-state index in [2.05, 4.69) is 31.3 Å². The Hall–Kier alpha value is -4.91. The lowest BCUT2D eigenvalue weighted by molar-refractivity contribution is 0.0772. The molecule has 43 heavy (non-hydrogen) atoms. The third-order valence-electron chi connectivity index (χ3n) is 6.51. The summed E-state index contributed by atoms with van der Waals surface area (Å²) in [6.45, 7) is 6.99. The fourth-order valence-electron chi connectivity index (χ4n) is 4.20. The summed E-state index contributed by atoms with van der Waals surface area (Å²) in [5, 5.41) is 16.5. The molecule has 0 saturated carbocycles. The lowest BCUT2D eigenvalue weighted by atomic mass is 10.1. The van der Waals surface area contributed by atoms with Crippen LogP contribution in [-0.2, 0) is 11.3 Å². The minimum absolute atomic E-state index is 0.0696. The number of nitrogens with zero attached hydrogens (tertiary/aromatic N) is 4. The fourth-order valence-corrected chi connectivity index (χ4v) is 4.20. The van der Waals surface area contributed by atoms with E-state index < -0.39 is 0 Å². The van der Waals surface area contributed by atoms with Crippen LogP contribution in [0, 0.1) is 5.82 Å². The van der Waals surface area contributed by atoms with Crippen LogP contribution in [0.2, 0.25) is 0 Å². The van der Waals surface area contributed by atoms with Gasteiger partial charge in [0.1, 0.15) is 18.2 Å². The molecule has 3 amide bonds. The van der Waals surface area contributed by atoms with Crippen molar-refractivity contribution in [3.05, 3.63) is 77.7 Å². The Morgan fingerprint density at radius 3 is 2.51 bits per heavy atom. The first-order chi connectivity index (χ1) is 20.9. The topological polar surface area (TPSA) is 134 Å². The van der Waals surface area contributed by atoms with E-state index >= 15 is 0 Å². The number of pyridine rings is 1. The van der Waals surface area contributed by atoms with Gasteiger partial charge in [0.15, 0.2) is 5.65 Å². The fraction of sp³-hybridized carbons (Fsp3) is 0.333. The highest BCUT2D eigenvalue weighted by Crippen LogP contribution is 2.29. The van der Waals surface area contributed by atoms with Crippen molar-refractivity contribution in [3.8, 4) is 5.75 Å². The predicted molar refractivity (Wildman–Crippen MR) is 162 cm³/mol. The molecule has 2 aromatic carbocycles. The highest BCUT2D eigenvalue weighted by atomic mass is 19.1. The van der Waals surface area contributed by atoms with Gasteiger partial charge in [0.25, 0.3) is 5.91 Å². The summed E-state index contributed by atoms with van der Waals surface area (Å²) in [5.74, 6) is 0.463. The maximum atomic E-state index is 13.0. The molecular formula is C30H37FN8O4. The van der Waals surface area contributed by atoms with Crippen LogP contribution >= 0.6 is 0 Å². The minimum atomic E-state index is -0.316. The zero-order chi connectivity index (χ0) is 30.6. The number of halogens is 1. The van der Waals surface area contributed by atoms with Gasteiger partial charge in [0.2, 0.25) is 5.95 Å². The minimum Gasteiger partial charge on any atom is -0.489 e. The molecule has 12 nitrogen and oxygen atoms in total. The number of aromatic nitrogens is 3. The summed E-state index contributed by atoms with van der Waals surface area (Å²) < 4.78 is 25.7. The SMILES string of the molecule is CCN(CC)C(=O)c1ccc(Nc2nc3ccc(NCCNC(=O)NCc4ccc(F)cc4)cn3n2)c(OCCOC)c1. The van der Waals surface area contributed by atoms with Crippen molar-refractivity contribution < 1.29 is 23.5 Å². The van der Waals surface area contributed by atoms with E-state index in [-0.39, 0.29) is 17.8 Å². The van der Waals surface area contributed by atoms with Crippen LogP contribution in [-0.4, -0.2) is 77.9 Å². The van der Waals surface area contributed by atoms with Crippen molar-refractivity contribution >= 4 is 34.9 Å². The van der Waals surface area contributed by atoms with E-state index in [1.807, 2.05) is 26.0 Å². The number of nitrogens with one attached hydrogen (secondary N) is 4. The van der Waals surface area contributed by atoms with Gasteiger partial charge >= 0.3 is 6.03 Å². The van der Waals surface area contributed by atoms with Gasteiger partial charge in [-0.05, 0) is 61.9 Å². The molecular weight excluding hydrogens is 555 g/mol. The maximum Gasteiger partial charge on any atom is 0.315 e. The molecule has 13 heteroatoms. The zero-order valence-electron chi connectivity index (χ0n) is 24.5. The largest absolute Gasteiger partial charge is 0.489 e. The Morgan fingerprint density at radius 1 is 0.977 bits per heavy atom. The molecule has 4 N–H and O–H groups in total. The number of methoxy groups -OCH3 is 1. The molecule has 2 aromatic heterocycles. The van der Waals surface area contributed by atoms with Crippen molar-refractivity contribution in [2.24, 2.45) is 0 Å². The van der Waals surface area contributed by atoms with Crippen LogP contribution < -0.4 is 26.0 Å². The van der Waals surface area contributed by atoms with E-state index in [1.165, 1.54) is 12.1 Å². The number of rotatable bonds is 15. The first-order valence-electron chi connectivity index (χ1n) is 14.1. The smallest absolute Gasteiger partial charge is 0.315 e. The Labute approximate surface area is 249 Å². The molecule has 0 aliphatic carbocycles. The van der Waals surface area contributed by atoms with Crippen LogP contribution in [0.5, 0.6) is 5.75 Å². The van der Waals surface area contributed by atoms with E-state index in [1.54, 1.807) is 53.1 Å². The number of carbonyl (C=O) groups excluding carboxylic acids is 2. The van der Waals surface area contributed by atoms with Gasteiger partial charge < -0.3 is 35.6 Å². The van der Waals surface area contributed by atoms with Crippen molar-refractivity contribution in [3.63, 3.8) is 0 Å². The van der Waals surface area contributed by atoms with Gasteiger partial charge in [-0.2, -0.15) is 4.98 Å². The van der Waals surface area contributed by atoms with Crippen molar-refractivity contribution in [2.45, 2.75) is 20.4 Å². The van der Waals surface area contributed by atoms with Crippen LogP contribution in [0.3, 0.4) is 0 Å². The molecule has 0 saturated heterocycles. The molecule has 0 atom stereocenters. The summed E-state index contributed by atoms with van der Waals surface area (Å²) in [5.41, 5.74) is 3.37.